The summed E-state index contributed by atoms with van der Waals surface area (Å²) in [4.78, 5) is 0. The third kappa shape index (κ3) is 1.48. The van der Waals surface area contributed by atoms with Crippen molar-refractivity contribution < 1.29 is 4.39 Å². The average molecular weight is 145 g/mol. The van der Waals surface area contributed by atoms with E-state index in [0.29, 0.717) is 6.54 Å². The minimum Gasteiger partial charge on any atom is -0.313 e. The van der Waals surface area contributed by atoms with Crippen molar-refractivity contribution in [2.75, 3.05) is 13.1 Å². The van der Waals surface area contributed by atoms with Crippen molar-refractivity contribution in [3.05, 3.63) is 0 Å². The highest BCUT2D eigenvalue weighted by molar-refractivity contribution is 4.88. The van der Waals surface area contributed by atoms with E-state index in [1.807, 2.05) is 0 Å². The highest BCUT2D eigenvalue weighted by Crippen LogP contribution is 2.31. The highest BCUT2D eigenvalue weighted by atomic mass is 19.1. The number of halogens is 1. The van der Waals surface area contributed by atoms with Gasteiger partial charge in [0.25, 0.3) is 0 Å². The van der Waals surface area contributed by atoms with Crippen molar-refractivity contribution in [1.82, 2.24) is 5.32 Å². The molecule has 0 bridgehead atoms. The first kappa shape index (κ1) is 7.99. The molecule has 1 fully saturated rings. The second kappa shape index (κ2) is 2.50. The summed E-state index contributed by atoms with van der Waals surface area (Å²) in [7, 11) is 0. The lowest BCUT2D eigenvalue weighted by atomic mass is 9.79. The van der Waals surface area contributed by atoms with Crippen molar-refractivity contribution in [2.45, 2.75) is 26.9 Å². The number of rotatable bonds is 0. The van der Waals surface area contributed by atoms with Crippen LogP contribution in [0, 0.1) is 11.3 Å². The zero-order valence-corrected chi connectivity index (χ0v) is 6.95. The molecule has 0 aromatic heterocycles. The topological polar surface area (TPSA) is 12.0 Å². The Labute approximate surface area is 62.0 Å². The molecule has 0 saturated carbocycles. The summed E-state index contributed by atoms with van der Waals surface area (Å²) >= 11 is 0. The first-order chi connectivity index (χ1) is 4.52. The van der Waals surface area contributed by atoms with Gasteiger partial charge in [-0.2, -0.15) is 0 Å². The predicted octanol–water partition coefficient (Wildman–Crippen LogP) is 1.59. The molecule has 1 nitrogen and oxygen atoms in total. The monoisotopic (exact) mass is 145 g/mol. The van der Waals surface area contributed by atoms with Crippen LogP contribution in [-0.4, -0.2) is 19.3 Å². The molecule has 0 aliphatic carbocycles. The number of nitrogens with one attached hydrogen (secondary N) is 1. The molecule has 1 aliphatic rings. The quantitative estimate of drug-likeness (QED) is 0.546. The van der Waals surface area contributed by atoms with Gasteiger partial charge >= 0.3 is 0 Å². The van der Waals surface area contributed by atoms with Gasteiger partial charge < -0.3 is 5.32 Å². The minimum absolute atomic E-state index is 0.114. The van der Waals surface area contributed by atoms with E-state index in [4.69, 9.17) is 0 Å². The van der Waals surface area contributed by atoms with E-state index in [2.05, 4.69) is 26.1 Å². The minimum atomic E-state index is -0.639. The van der Waals surface area contributed by atoms with Crippen LogP contribution in [0.5, 0.6) is 0 Å². The fraction of sp³-hybridized carbons (Fsp3) is 1.00. The first-order valence-corrected chi connectivity index (χ1v) is 3.86. The summed E-state index contributed by atoms with van der Waals surface area (Å²) in [6.07, 6.45) is -0.639. The van der Waals surface area contributed by atoms with E-state index in [1.54, 1.807) is 0 Å². The van der Waals surface area contributed by atoms with E-state index in [1.165, 1.54) is 0 Å². The van der Waals surface area contributed by atoms with E-state index >= 15 is 0 Å². The molecular formula is C8H16FN. The normalized spacial score (nSPS) is 34.8. The van der Waals surface area contributed by atoms with Gasteiger partial charge in [-0.25, -0.2) is 4.39 Å². The van der Waals surface area contributed by atoms with Crippen molar-refractivity contribution in [2.24, 2.45) is 11.3 Å². The molecular weight excluding hydrogens is 129 g/mol. The van der Waals surface area contributed by atoms with Crippen LogP contribution in [0.15, 0.2) is 0 Å². The molecule has 2 atom stereocenters. The Morgan fingerprint density at radius 3 is 2.10 bits per heavy atom. The summed E-state index contributed by atoms with van der Waals surface area (Å²) in [5.74, 6) is 0.201. The lowest BCUT2D eigenvalue weighted by Crippen LogP contribution is -2.28. The maximum Gasteiger partial charge on any atom is 0.117 e. The molecule has 1 aliphatic heterocycles. The van der Waals surface area contributed by atoms with Gasteiger partial charge in [0.1, 0.15) is 6.17 Å². The van der Waals surface area contributed by atoms with Crippen LogP contribution < -0.4 is 5.32 Å². The lowest BCUT2D eigenvalue weighted by molar-refractivity contribution is 0.160. The van der Waals surface area contributed by atoms with Crippen molar-refractivity contribution >= 4 is 0 Å². The Balaban J connectivity index is 2.55. The van der Waals surface area contributed by atoms with Crippen molar-refractivity contribution in [1.29, 1.82) is 0 Å². The summed E-state index contributed by atoms with van der Waals surface area (Å²) in [6.45, 7) is 7.67. The molecule has 0 aromatic carbocycles. The molecule has 1 rings (SSSR count). The Kier molecular flexibility index (Phi) is 1.99. The van der Waals surface area contributed by atoms with Gasteiger partial charge in [0.15, 0.2) is 0 Å². The molecule has 0 unspecified atom stereocenters. The third-order valence-electron chi connectivity index (χ3n) is 2.25. The van der Waals surface area contributed by atoms with E-state index < -0.39 is 6.17 Å². The fourth-order valence-corrected chi connectivity index (χ4v) is 1.50. The zero-order valence-electron chi connectivity index (χ0n) is 6.95. The zero-order chi connectivity index (χ0) is 7.78. The molecule has 1 N–H and O–H groups in total. The van der Waals surface area contributed by atoms with Crippen LogP contribution in [0.1, 0.15) is 20.8 Å². The van der Waals surface area contributed by atoms with Crippen LogP contribution >= 0.6 is 0 Å². The second-order valence-corrected chi connectivity index (χ2v) is 4.15. The number of alkyl halides is 1. The Morgan fingerprint density at radius 2 is 1.90 bits per heavy atom. The lowest BCUT2D eigenvalue weighted by Gasteiger charge is -2.27. The number of hydrogen-bond acceptors (Lipinski definition) is 1. The molecule has 0 aromatic rings. The van der Waals surface area contributed by atoms with Gasteiger partial charge in [-0.3, -0.25) is 0 Å². The van der Waals surface area contributed by atoms with Gasteiger partial charge in [0, 0.05) is 19.0 Å². The van der Waals surface area contributed by atoms with Crippen LogP contribution in [0.4, 0.5) is 4.39 Å². The SMILES string of the molecule is CC(C)(C)[C@@H]1CNC[C@@H]1F. The smallest absolute Gasteiger partial charge is 0.117 e. The van der Waals surface area contributed by atoms with Gasteiger partial charge in [-0.15, -0.1) is 0 Å². The highest BCUT2D eigenvalue weighted by Gasteiger charge is 2.35. The predicted molar refractivity (Wildman–Crippen MR) is 40.7 cm³/mol. The summed E-state index contributed by atoms with van der Waals surface area (Å²) in [5, 5.41) is 3.05. The van der Waals surface area contributed by atoms with E-state index in [9.17, 15) is 4.39 Å². The van der Waals surface area contributed by atoms with Crippen molar-refractivity contribution in [3.8, 4) is 0 Å². The first-order valence-electron chi connectivity index (χ1n) is 3.86. The molecule has 0 amide bonds. The molecule has 1 heterocycles. The standard InChI is InChI=1S/C8H16FN/c1-8(2,3)6-4-10-5-7(6)9/h6-7,10H,4-5H2,1-3H3/t6-,7+/m1/s1. The number of hydrogen-bond donors (Lipinski definition) is 1. The second-order valence-electron chi connectivity index (χ2n) is 4.15. The molecule has 10 heavy (non-hydrogen) atoms. The molecule has 0 spiro atoms. The summed E-state index contributed by atoms with van der Waals surface area (Å²) < 4.78 is 13.0. The summed E-state index contributed by atoms with van der Waals surface area (Å²) in [6, 6.07) is 0. The van der Waals surface area contributed by atoms with Gasteiger partial charge in [-0.05, 0) is 5.41 Å². The van der Waals surface area contributed by atoms with Gasteiger partial charge in [-0.1, -0.05) is 20.8 Å². The van der Waals surface area contributed by atoms with Crippen LogP contribution in [-0.2, 0) is 0 Å². The Bertz CT molecular complexity index is 117. The molecule has 0 radical (unpaired) electrons. The van der Waals surface area contributed by atoms with Crippen molar-refractivity contribution in [3.63, 3.8) is 0 Å². The summed E-state index contributed by atoms with van der Waals surface area (Å²) in [5.41, 5.74) is 0.114. The molecule has 60 valence electrons. The van der Waals surface area contributed by atoms with Crippen LogP contribution in [0.25, 0.3) is 0 Å². The van der Waals surface area contributed by atoms with Crippen LogP contribution in [0.3, 0.4) is 0 Å². The fourth-order valence-electron chi connectivity index (χ4n) is 1.50. The molecule has 1 saturated heterocycles. The van der Waals surface area contributed by atoms with E-state index in [-0.39, 0.29) is 11.3 Å². The van der Waals surface area contributed by atoms with E-state index in [0.717, 1.165) is 6.54 Å². The third-order valence-corrected chi connectivity index (χ3v) is 2.25. The maximum atomic E-state index is 13.0. The average Bonchev–Trinajstić information content (AvgIpc) is 2.11. The Morgan fingerprint density at radius 1 is 1.30 bits per heavy atom. The largest absolute Gasteiger partial charge is 0.313 e. The Hall–Kier alpha value is -0.110. The van der Waals surface area contributed by atoms with Gasteiger partial charge in [0.05, 0.1) is 0 Å². The van der Waals surface area contributed by atoms with Crippen LogP contribution in [0.2, 0.25) is 0 Å². The van der Waals surface area contributed by atoms with Gasteiger partial charge in [0.2, 0.25) is 0 Å². The maximum absolute atomic E-state index is 13.0. The molecule has 2 heteroatoms.